The maximum atomic E-state index is 5.38. The lowest BCUT2D eigenvalue weighted by atomic mass is 10.2. The molecule has 3 nitrogen and oxygen atoms in total. The molecule has 0 radical (unpaired) electrons. The second-order valence-electron chi connectivity index (χ2n) is 4.20. The highest BCUT2D eigenvalue weighted by molar-refractivity contribution is 4.98. The summed E-state index contributed by atoms with van der Waals surface area (Å²) in [6.45, 7) is 10.7. The van der Waals surface area contributed by atoms with Crippen LogP contribution in [0.2, 0.25) is 0 Å². The first-order valence-corrected chi connectivity index (χ1v) is 6.25. The summed E-state index contributed by atoms with van der Waals surface area (Å²) in [6.07, 6.45) is 2.93. The maximum absolute atomic E-state index is 5.38. The first kappa shape index (κ1) is 13.3. The van der Waals surface area contributed by atoms with Gasteiger partial charge in [-0.2, -0.15) is 0 Å². The van der Waals surface area contributed by atoms with Crippen molar-refractivity contribution in [2.24, 2.45) is 0 Å². The standard InChI is InChI=1S/C13H24N2O/c1-4-8-14-10-12(3)15(5-2)11-13-7-6-9-16-13/h6-7,9,12,14H,4-5,8,10-11H2,1-3H3. The molecular weight excluding hydrogens is 200 g/mol. The SMILES string of the molecule is CCCNCC(C)N(CC)Cc1ccco1. The minimum atomic E-state index is 0.543. The molecule has 16 heavy (non-hydrogen) atoms. The quantitative estimate of drug-likeness (QED) is 0.688. The van der Waals surface area contributed by atoms with Gasteiger partial charge in [-0.25, -0.2) is 0 Å². The third-order valence-corrected chi connectivity index (χ3v) is 2.84. The van der Waals surface area contributed by atoms with Gasteiger partial charge in [0.25, 0.3) is 0 Å². The Labute approximate surface area is 98.8 Å². The van der Waals surface area contributed by atoms with Crippen LogP contribution in [0, 0.1) is 0 Å². The summed E-state index contributed by atoms with van der Waals surface area (Å²) >= 11 is 0. The van der Waals surface area contributed by atoms with Gasteiger partial charge in [0.1, 0.15) is 5.76 Å². The van der Waals surface area contributed by atoms with Crippen molar-refractivity contribution < 1.29 is 4.42 Å². The molecule has 0 amide bonds. The van der Waals surface area contributed by atoms with Crippen LogP contribution >= 0.6 is 0 Å². The molecule has 1 aromatic heterocycles. The van der Waals surface area contributed by atoms with Crippen LogP contribution in [0.3, 0.4) is 0 Å². The number of furan rings is 1. The molecule has 1 heterocycles. The predicted octanol–water partition coefficient (Wildman–Crippen LogP) is 2.49. The second kappa shape index (κ2) is 7.47. The van der Waals surface area contributed by atoms with E-state index in [0.717, 1.165) is 31.9 Å². The monoisotopic (exact) mass is 224 g/mol. The largest absolute Gasteiger partial charge is 0.468 e. The molecule has 1 N–H and O–H groups in total. The zero-order valence-electron chi connectivity index (χ0n) is 10.7. The Hall–Kier alpha value is -0.800. The van der Waals surface area contributed by atoms with Gasteiger partial charge in [0.05, 0.1) is 12.8 Å². The Bertz CT molecular complexity index is 259. The topological polar surface area (TPSA) is 28.4 Å². The van der Waals surface area contributed by atoms with Crippen molar-refractivity contribution in [3.8, 4) is 0 Å². The van der Waals surface area contributed by atoms with E-state index in [9.17, 15) is 0 Å². The van der Waals surface area contributed by atoms with Crippen LogP contribution in [0.15, 0.2) is 22.8 Å². The molecule has 0 aliphatic carbocycles. The lowest BCUT2D eigenvalue weighted by Gasteiger charge is -2.27. The Balaban J connectivity index is 2.34. The minimum Gasteiger partial charge on any atom is -0.468 e. The molecule has 0 fully saturated rings. The number of likely N-dealkylation sites (N-methyl/N-ethyl adjacent to an activating group) is 1. The van der Waals surface area contributed by atoms with Crippen molar-refractivity contribution in [3.63, 3.8) is 0 Å². The molecule has 92 valence electrons. The average Bonchev–Trinajstić information content (AvgIpc) is 2.78. The van der Waals surface area contributed by atoms with E-state index in [1.807, 2.05) is 12.1 Å². The van der Waals surface area contributed by atoms with Crippen LogP contribution in [0.5, 0.6) is 0 Å². The van der Waals surface area contributed by atoms with Gasteiger partial charge >= 0.3 is 0 Å². The van der Waals surface area contributed by atoms with Gasteiger partial charge in [-0.3, -0.25) is 4.90 Å². The fourth-order valence-corrected chi connectivity index (χ4v) is 1.80. The highest BCUT2D eigenvalue weighted by Gasteiger charge is 2.12. The minimum absolute atomic E-state index is 0.543. The first-order chi connectivity index (χ1) is 7.77. The van der Waals surface area contributed by atoms with Crippen LogP contribution in [-0.2, 0) is 6.54 Å². The molecule has 1 rings (SSSR count). The Morgan fingerprint density at radius 1 is 1.44 bits per heavy atom. The number of nitrogens with zero attached hydrogens (tertiary/aromatic N) is 1. The third-order valence-electron chi connectivity index (χ3n) is 2.84. The first-order valence-electron chi connectivity index (χ1n) is 6.25. The molecule has 0 aromatic carbocycles. The van der Waals surface area contributed by atoms with Gasteiger partial charge in [-0.15, -0.1) is 0 Å². The maximum Gasteiger partial charge on any atom is 0.117 e. The van der Waals surface area contributed by atoms with Gasteiger partial charge in [0, 0.05) is 12.6 Å². The van der Waals surface area contributed by atoms with Crippen molar-refractivity contribution >= 4 is 0 Å². The van der Waals surface area contributed by atoms with Crippen LogP contribution in [-0.4, -0.2) is 30.6 Å². The van der Waals surface area contributed by atoms with E-state index in [4.69, 9.17) is 4.42 Å². The molecule has 0 aliphatic rings. The lowest BCUT2D eigenvalue weighted by Crippen LogP contribution is -2.40. The summed E-state index contributed by atoms with van der Waals surface area (Å²) in [4.78, 5) is 2.42. The Kier molecular flexibility index (Phi) is 6.19. The van der Waals surface area contributed by atoms with Crippen molar-refractivity contribution in [3.05, 3.63) is 24.2 Å². The van der Waals surface area contributed by atoms with Gasteiger partial charge in [-0.1, -0.05) is 13.8 Å². The van der Waals surface area contributed by atoms with Crippen LogP contribution in [0.25, 0.3) is 0 Å². The third kappa shape index (κ3) is 4.37. The number of hydrogen-bond acceptors (Lipinski definition) is 3. The van der Waals surface area contributed by atoms with Gasteiger partial charge in [0.2, 0.25) is 0 Å². The van der Waals surface area contributed by atoms with E-state index in [1.165, 1.54) is 6.42 Å². The summed E-state index contributed by atoms with van der Waals surface area (Å²) in [7, 11) is 0. The summed E-state index contributed by atoms with van der Waals surface area (Å²) in [5.41, 5.74) is 0. The summed E-state index contributed by atoms with van der Waals surface area (Å²) in [5.74, 6) is 1.05. The average molecular weight is 224 g/mol. The van der Waals surface area contributed by atoms with Crippen LogP contribution < -0.4 is 5.32 Å². The van der Waals surface area contributed by atoms with Crippen molar-refractivity contribution in [2.45, 2.75) is 39.8 Å². The smallest absolute Gasteiger partial charge is 0.117 e. The molecule has 3 heteroatoms. The van der Waals surface area contributed by atoms with E-state index < -0.39 is 0 Å². The molecule has 1 aromatic rings. The molecular formula is C13H24N2O. The van der Waals surface area contributed by atoms with Gasteiger partial charge in [-0.05, 0) is 38.6 Å². The fraction of sp³-hybridized carbons (Fsp3) is 0.692. The Morgan fingerprint density at radius 2 is 2.25 bits per heavy atom. The second-order valence-corrected chi connectivity index (χ2v) is 4.20. The van der Waals surface area contributed by atoms with E-state index in [-0.39, 0.29) is 0 Å². The van der Waals surface area contributed by atoms with Crippen molar-refractivity contribution in [1.29, 1.82) is 0 Å². The van der Waals surface area contributed by atoms with E-state index >= 15 is 0 Å². The molecule has 1 unspecified atom stereocenters. The molecule has 0 saturated heterocycles. The molecule has 1 atom stereocenters. The normalized spacial score (nSPS) is 13.2. The molecule has 0 spiro atoms. The summed E-state index contributed by atoms with van der Waals surface area (Å²) in [5, 5.41) is 3.46. The summed E-state index contributed by atoms with van der Waals surface area (Å²) < 4.78 is 5.38. The zero-order valence-corrected chi connectivity index (χ0v) is 10.7. The Morgan fingerprint density at radius 3 is 2.81 bits per heavy atom. The number of rotatable bonds is 8. The zero-order chi connectivity index (χ0) is 11.8. The summed E-state index contributed by atoms with van der Waals surface area (Å²) in [6, 6.07) is 4.53. The van der Waals surface area contributed by atoms with Gasteiger partial charge < -0.3 is 9.73 Å². The van der Waals surface area contributed by atoms with Crippen molar-refractivity contribution in [1.82, 2.24) is 10.2 Å². The van der Waals surface area contributed by atoms with Gasteiger partial charge in [0.15, 0.2) is 0 Å². The van der Waals surface area contributed by atoms with Crippen LogP contribution in [0.4, 0.5) is 0 Å². The van der Waals surface area contributed by atoms with E-state index in [2.05, 4.69) is 31.0 Å². The highest BCUT2D eigenvalue weighted by atomic mass is 16.3. The van der Waals surface area contributed by atoms with E-state index in [0.29, 0.717) is 6.04 Å². The van der Waals surface area contributed by atoms with Crippen LogP contribution in [0.1, 0.15) is 33.0 Å². The molecule has 0 saturated carbocycles. The highest BCUT2D eigenvalue weighted by Crippen LogP contribution is 2.08. The number of hydrogen-bond donors (Lipinski definition) is 1. The lowest BCUT2D eigenvalue weighted by molar-refractivity contribution is 0.191. The fourth-order valence-electron chi connectivity index (χ4n) is 1.80. The number of nitrogens with one attached hydrogen (secondary N) is 1. The predicted molar refractivity (Wildman–Crippen MR) is 67.4 cm³/mol. The molecule has 0 bridgehead atoms. The molecule has 0 aliphatic heterocycles. The van der Waals surface area contributed by atoms with Crippen molar-refractivity contribution in [2.75, 3.05) is 19.6 Å². The van der Waals surface area contributed by atoms with E-state index in [1.54, 1.807) is 6.26 Å².